The van der Waals surface area contributed by atoms with Crippen LogP contribution in [0.2, 0.25) is 0 Å². The van der Waals surface area contributed by atoms with Crippen molar-refractivity contribution >= 4 is 0 Å². The van der Waals surface area contributed by atoms with Gasteiger partial charge in [-0.25, -0.2) is 0 Å². The van der Waals surface area contributed by atoms with E-state index in [9.17, 15) is 0 Å². The van der Waals surface area contributed by atoms with Gasteiger partial charge < -0.3 is 5.73 Å². The van der Waals surface area contributed by atoms with Gasteiger partial charge in [0.05, 0.1) is 0 Å². The highest BCUT2D eigenvalue weighted by molar-refractivity contribution is 4.96. The van der Waals surface area contributed by atoms with Crippen LogP contribution in [0, 0.1) is 5.41 Å². The normalized spacial score (nSPS) is 20.1. The molecule has 1 saturated carbocycles. The van der Waals surface area contributed by atoms with E-state index in [-0.39, 0.29) is 0 Å². The fourth-order valence-corrected chi connectivity index (χ4v) is 3.01. The maximum atomic E-state index is 6.10. The van der Waals surface area contributed by atoms with E-state index in [1.54, 1.807) is 0 Å². The predicted octanol–water partition coefficient (Wildman–Crippen LogP) is 3.41. The molecular formula is C15H32N2. The number of hydrogen-bond donors (Lipinski definition) is 1. The Morgan fingerprint density at radius 1 is 1.12 bits per heavy atom. The molecule has 0 aromatic carbocycles. The summed E-state index contributed by atoms with van der Waals surface area (Å²) in [6, 6.07) is 0. The Balaban J connectivity index is 2.63. The van der Waals surface area contributed by atoms with Crippen LogP contribution < -0.4 is 5.73 Å². The molecule has 2 N–H and O–H groups in total. The third-order valence-corrected chi connectivity index (χ3v) is 4.21. The van der Waals surface area contributed by atoms with Gasteiger partial charge in [0.15, 0.2) is 0 Å². The highest BCUT2D eigenvalue weighted by Crippen LogP contribution is 2.35. The van der Waals surface area contributed by atoms with Crippen LogP contribution in [0.1, 0.15) is 66.2 Å². The fraction of sp³-hybridized carbons (Fsp3) is 1.00. The molecule has 102 valence electrons. The van der Waals surface area contributed by atoms with Gasteiger partial charge in [-0.2, -0.15) is 0 Å². The summed E-state index contributed by atoms with van der Waals surface area (Å²) in [6.45, 7) is 12.6. The standard InChI is InChI=1S/C15H32N2/c1-5-11-17(12-10-14(2,3)4)15(13-16)8-6-7-9-15/h5-13,16H2,1-4H3. The van der Waals surface area contributed by atoms with E-state index in [0.717, 1.165) is 6.54 Å². The van der Waals surface area contributed by atoms with Crippen LogP contribution in [0.4, 0.5) is 0 Å². The second kappa shape index (κ2) is 6.19. The highest BCUT2D eigenvalue weighted by Gasteiger charge is 2.37. The zero-order valence-corrected chi connectivity index (χ0v) is 12.4. The Bertz CT molecular complexity index is 211. The molecule has 0 heterocycles. The van der Waals surface area contributed by atoms with Gasteiger partial charge in [0, 0.05) is 12.1 Å². The Kier molecular flexibility index (Phi) is 5.46. The minimum Gasteiger partial charge on any atom is -0.329 e. The van der Waals surface area contributed by atoms with Crippen LogP contribution in [-0.4, -0.2) is 30.1 Å². The van der Waals surface area contributed by atoms with Crippen LogP contribution in [0.3, 0.4) is 0 Å². The van der Waals surface area contributed by atoms with Gasteiger partial charge in [0.25, 0.3) is 0 Å². The lowest BCUT2D eigenvalue weighted by molar-refractivity contribution is 0.0851. The molecule has 0 aromatic rings. The van der Waals surface area contributed by atoms with E-state index in [1.807, 2.05) is 0 Å². The monoisotopic (exact) mass is 240 g/mol. The topological polar surface area (TPSA) is 29.3 Å². The van der Waals surface area contributed by atoms with Crippen LogP contribution >= 0.6 is 0 Å². The minimum absolute atomic E-state index is 0.335. The van der Waals surface area contributed by atoms with E-state index in [1.165, 1.54) is 51.6 Å². The third kappa shape index (κ3) is 4.26. The van der Waals surface area contributed by atoms with Crippen molar-refractivity contribution in [3.05, 3.63) is 0 Å². The number of nitrogens with zero attached hydrogens (tertiary/aromatic N) is 1. The summed E-state index contributed by atoms with van der Waals surface area (Å²) in [4.78, 5) is 2.70. The first-order chi connectivity index (χ1) is 7.93. The second-order valence-electron chi connectivity index (χ2n) is 6.93. The van der Waals surface area contributed by atoms with Crippen LogP contribution in [-0.2, 0) is 0 Å². The van der Waals surface area contributed by atoms with E-state index in [4.69, 9.17) is 5.73 Å². The maximum Gasteiger partial charge on any atom is 0.0331 e. The van der Waals surface area contributed by atoms with E-state index >= 15 is 0 Å². The molecule has 0 spiro atoms. The molecule has 0 radical (unpaired) electrons. The largest absolute Gasteiger partial charge is 0.329 e. The van der Waals surface area contributed by atoms with Gasteiger partial charge >= 0.3 is 0 Å². The third-order valence-electron chi connectivity index (χ3n) is 4.21. The summed E-state index contributed by atoms with van der Waals surface area (Å²) in [5, 5.41) is 0. The first-order valence-corrected chi connectivity index (χ1v) is 7.39. The average molecular weight is 240 g/mol. The molecule has 0 amide bonds. The summed E-state index contributed by atoms with van der Waals surface area (Å²) in [6.07, 6.45) is 7.88. The average Bonchev–Trinajstić information content (AvgIpc) is 2.72. The molecular weight excluding hydrogens is 208 g/mol. The summed E-state index contributed by atoms with van der Waals surface area (Å²) < 4.78 is 0. The quantitative estimate of drug-likeness (QED) is 0.771. The molecule has 1 rings (SSSR count). The van der Waals surface area contributed by atoms with E-state index in [2.05, 4.69) is 32.6 Å². The molecule has 2 nitrogen and oxygen atoms in total. The minimum atomic E-state index is 0.335. The smallest absolute Gasteiger partial charge is 0.0331 e. The zero-order valence-electron chi connectivity index (χ0n) is 12.4. The fourth-order valence-electron chi connectivity index (χ4n) is 3.01. The summed E-state index contributed by atoms with van der Waals surface area (Å²) >= 11 is 0. The van der Waals surface area contributed by atoms with E-state index < -0.39 is 0 Å². The van der Waals surface area contributed by atoms with E-state index in [0.29, 0.717) is 11.0 Å². The Labute approximate surface area is 108 Å². The first-order valence-electron chi connectivity index (χ1n) is 7.39. The summed E-state index contributed by atoms with van der Waals surface area (Å²) in [5.41, 5.74) is 6.86. The van der Waals surface area contributed by atoms with Crippen LogP contribution in [0.5, 0.6) is 0 Å². The van der Waals surface area contributed by atoms with Gasteiger partial charge in [-0.05, 0) is 44.2 Å². The number of rotatable bonds is 6. The van der Waals surface area contributed by atoms with Gasteiger partial charge in [-0.15, -0.1) is 0 Å². The Morgan fingerprint density at radius 2 is 1.71 bits per heavy atom. The van der Waals surface area contributed by atoms with Crippen molar-refractivity contribution < 1.29 is 0 Å². The lowest BCUT2D eigenvalue weighted by atomic mass is 9.89. The van der Waals surface area contributed by atoms with Crippen LogP contribution in [0.15, 0.2) is 0 Å². The predicted molar refractivity (Wildman–Crippen MR) is 76.2 cm³/mol. The lowest BCUT2D eigenvalue weighted by Gasteiger charge is -2.42. The van der Waals surface area contributed by atoms with Gasteiger partial charge in [-0.3, -0.25) is 4.90 Å². The Hall–Kier alpha value is -0.0800. The van der Waals surface area contributed by atoms with Crippen molar-refractivity contribution in [2.24, 2.45) is 11.1 Å². The lowest BCUT2D eigenvalue weighted by Crippen LogP contribution is -2.53. The molecule has 0 aliphatic heterocycles. The van der Waals surface area contributed by atoms with Crippen molar-refractivity contribution in [1.29, 1.82) is 0 Å². The highest BCUT2D eigenvalue weighted by atomic mass is 15.2. The van der Waals surface area contributed by atoms with Gasteiger partial charge in [0.1, 0.15) is 0 Å². The Morgan fingerprint density at radius 3 is 2.12 bits per heavy atom. The van der Waals surface area contributed by atoms with Crippen LogP contribution in [0.25, 0.3) is 0 Å². The molecule has 0 aromatic heterocycles. The molecule has 0 atom stereocenters. The number of hydrogen-bond acceptors (Lipinski definition) is 2. The maximum absolute atomic E-state index is 6.10. The van der Waals surface area contributed by atoms with Crippen molar-refractivity contribution in [3.8, 4) is 0 Å². The van der Waals surface area contributed by atoms with Crippen molar-refractivity contribution in [2.45, 2.75) is 71.8 Å². The van der Waals surface area contributed by atoms with Crippen molar-refractivity contribution in [3.63, 3.8) is 0 Å². The molecule has 0 bridgehead atoms. The molecule has 17 heavy (non-hydrogen) atoms. The number of nitrogens with two attached hydrogens (primary N) is 1. The van der Waals surface area contributed by atoms with Crippen molar-refractivity contribution in [2.75, 3.05) is 19.6 Å². The molecule has 1 fully saturated rings. The molecule has 2 heteroatoms. The van der Waals surface area contributed by atoms with Crippen molar-refractivity contribution in [1.82, 2.24) is 4.90 Å². The first kappa shape index (κ1) is 15.0. The zero-order chi connectivity index (χ0) is 12.9. The molecule has 1 aliphatic carbocycles. The van der Waals surface area contributed by atoms with Gasteiger partial charge in [-0.1, -0.05) is 40.5 Å². The summed E-state index contributed by atoms with van der Waals surface area (Å²) in [7, 11) is 0. The second-order valence-corrected chi connectivity index (χ2v) is 6.93. The molecule has 0 saturated heterocycles. The molecule has 1 aliphatic rings. The summed E-state index contributed by atoms with van der Waals surface area (Å²) in [5.74, 6) is 0. The van der Waals surface area contributed by atoms with Gasteiger partial charge in [0.2, 0.25) is 0 Å². The molecule has 0 unspecified atom stereocenters. The SMILES string of the molecule is CCCN(CCC(C)(C)C)C1(CN)CCCC1.